The average molecular weight is 385 g/mol. The van der Waals surface area contributed by atoms with Crippen LogP contribution >= 0.6 is 0 Å². The third kappa shape index (κ3) is 4.64. The van der Waals surface area contributed by atoms with Crippen molar-refractivity contribution in [3.05, 3.63) is 60.2 Å². The highest BCUT2D eigenvalue weighted by Crippen LogP contribution is 2.20. The van der Waals surface area contributed by atoms with Crippen molar-refractivity contribution in [1.29, 1.82) is 0 Å². The van der Waals surface area contributed by atoms with Crippen LogP contribution in [0.3, 0.4) is 0 Å². The van der Waals surface area contributed by atoms with Crippen molar-refractivity contribution >= 4 is 5.91 Å². The standard InChI is InChI=1S/C20H20FN3O4/c1-3-16(27-17-7-5-4-6-15(17)21)20(25)22-12-18-23-19(24-28-18)13-8-10-14(26-2)11-9-13/h4-11,16H,3,12H2,1-2H3,(H,22,25). The molecule has 0 radical (unpaired) electrons. The van der Waals surface area contributed by atoms with Crippen molar-refractivity contribution in [3.63, 3.8) is 0 Å². The summed E-state index contributed by atoms with van der Waals surface area (Å²) in [5, 5.41) is 6.58. The van der Waals surface area contributed by atoms with Gasteiger partial charge in [-0.25, -0.2) is 4.39 Å². The van der Waals surface area contributed by atoms with E-state index in [-0.39, 0.29) is 18.2 Å². The van der Waals surface area contributed by atoms with Gasteiger partial charge in [-0.15, -0.1) is 0 Å². The Labute approximate surface area is 161 Å². The molecule has 3 aromatic rings. The number of ether oxygens (including phenoxy) is 2. The number of para-hydroxylation sites is 1. The number of benzene rings is 2. The molecule has 3 rings (SSSR count). The van der Waals surface area contributed by atoms with Crippen molar-refractivity contribution < 1.29 is 23.2 Å². The second-order valence-corrected chi connectivity index (χ2v) is 5.90. The molecule has 0 aliphatic carbocycles. The van der Waals surface area contributed by atoms with E-state index in [1.807, 2.05) is 0 Å². The van der Waals surface area contributed by atoms with Gasteiger partial charge in [0.1, 0.15) is 5.75 Å². The van der Waals surface area contributed by atoms with E-state index in [1.54, 1.807) is 50.4 Å². The Balaban J connectivity index is 1.59. The number of hydrogen-bond donors (Lipinski definition) is 1. The van der Waals surface area contributed by atoms with Crippen LogP contribution in [-0.2, 0) is 11.3 Å². The molecule has 146 valence electrons. The quantitative estimate of drug-likeness (QED) is 0.640. The molecule has 1 atom stereocenters. The maximum Gasteiger partial charge on any atom is 0.261 e. The number of carbonyl (C=O) groups excluding carboxylic acids is 1. The summed E-state index contributed by atoms with van der Waals surface area (Å²) < 4.78 is 29.5. The molecule has 0 saturated heterocycles. The largest absolute Gasteiger partial charge is 0.497 e. The number of nitrogens with one attached hydrogen (secondary N) is 1. The Bertz CT molecular complexity index is 927. The molecule has 0 saturated carbocycles. The van der Waals surface area contributed by atoms with E-state index in [0.29, 0.717) is 12.2 Å². The average Bonchev–Trinajstić information content (AvgIpc) is 3.20. The van der Waals surface area contributed by atoms with Crippen LogP contribution in [0.25, 0.3) is 11.4 Å². The summed E-state index contributed by atoms with van der Waals surface area (Å²) in [5.74, 6) is 0.496. The molecule has 0 aliphatic rings. The number of carbonyl (C=O) groups is 1. The number of amides is 1. The summed E-state index contributed by atoms with van der Waals surface area (Å²) >= 11 is 0. The minimum absolute atomic E-state index is 0.0316. The van der Waals surface area contributed by atoms with Gasteiger partial charge in [-0.1, -0.05) is 24.2 Å². The van der Waals surface area contributed by atoms with Gasteiger partial charge in [0.05, 0.1) is 13.7 Å². The van der Waals surface area contributed by atoms with E-state index in [1.165, 1.54) is 12.1 Å². The van der Waals surface area contributed by atoms with Gasteiger partial charge in [-0.05, 0) is 42.8 Å². The molecule has 1 heterocycles. The zero-order valence-electron chi connectivity index (χ0n) is 15.5. The Kier molecular flexibility index (Phi) is 6.21. The number of rotatable bonds is 8. The van der Waals surface area contributed by atoms with E-state index >= 15 is 0 Å². The fourth-order valence-corrected chi connectivity index (χ4v) is 2.48. The molecule has 1 N–H and O–H groups in total. The first kappa shape index (κ1) is 19.3. The molecule has 0 spiro atoms. The number of nitrogens with zero attached hydrogens (tertiary/aromatic N) is 2. The van der Waals surface area contributed by atoms with Crippen LogP contribution in [0.5, 0.6) is 11.5 Å². The number of methoxy groups -OCH3 is 1. The minimum Gasteiger partial charge on any atom is -0.497 e. The Morgan fingerprint density at radius 1 is 1.21 bits per heavy atom. The molecular formula is C20H20FN3O4. The lowest BCUT2D eigenvalue weighted by Gasteiger charge is -2.17. The van der Waals surface area contributed by atoms with Gasteiger partial charge in [-0.2, -0.15) is 4.98 Å². The lowest BCUT2D eigenvalue weighted by atomic mass is 10.2. The normalized spacial score (nSPS) is 11.7. The van der Waals surface area contributed by atoms with Crippen molar-refractivity contribution in [1.82, 2.24) is 15.5 Å². The first-order chi connectivity index (χ1) is 13.6. The van der Waals surface area contributed by atoms with Crippen LogP contribution in [0.15, 0.2) is 53.1 Å². The molecule has 1 aromatic heterocycles. The highest BCUT2D eigenvalue weighted by molar-refractivity contribution is 5.81. The smallest absolute Gasteiger partial charge is 0.261 e. The van der Waals surface area contributed by atoms with Crippen LogP contribution in [-0.4, -0.2) is 29.3 Å². The van der Waals surface area contributed by atoms with Gasteiger partial charge in [0.25, 0.3) is 5.91 Å². The maximum atomic E-state index is 13.7. The van der Waals surface area contributed by atoms with Crippen LogP contribution < -0.4 is 14.8 Å². The fourth-order valence-electron chi connectivity index (χ4n) is 2.48. The Morgan fingerprint density at radius 3 is 2.64 bits per heavy atom. The maximum absolute atomic E-state index is 13.7. The molecule has 1 unspecified atom stereocenters. The SMILES string of the molecule is CCC(Oc1ccccc1F)C(=O)NCc1nc(-c2ccc(OC)cc2)no1. The molecule has 2 aromatic carbocycles. The molecule has 7 nitrogen and oxygen atoms in total. The monoisotopic (exact) mass is 385 g/mol. The van der Waals surface area contributed by atoms with Crippen molar-refractivity contribution in [3.8, 4) is 22.9 Å². The summed E-state index contributed by atoms with van der Waals surface area (Å²) in [6.45, 7) is 1.82. The Morgan fingerprint density at radius 2 is 1.96 bits per heavy atom. The molecular weight excluding hydrogens is 365 g/mol. The van der Waals surface area contributed by atoms with Gasteiger partial charge < -0.3 is 19.3 Å². The third-order valence-electron chi connectivity index (χ3n) is 4.00. The third-order valence-corrected chi connectivity index (χ3v) is 4.00. The number of hydrogen-bond acceptors (Lipinski definition) is 6. The molecule has 8 heteroatoms. The minimum atomic E-state index is -0.833. The topological polar surface area (TPSA) is 86.5 Å². The van der Waals surface area contributed by atoms with Gasteiger partial charge in [-0.3, -0.25) is 4.79 Å². The van der Waals surface area contributed by atoms with Gasteiger partial charge in [0.15, 0.2) is 17.7 Å². The van der Waals surface area contributed by atoms with Gasteiger partial charge in [0, 0.05) is 5.56 Å². The van der Waals surface area contributed by atoms with E-state index < -0.39 is 17.8 Å². The molecule has 1 amide bonds. The predicted octanol–water partition coefficient (Wildman–Crippen LogP) is 3.36. The van der Waals surface area contributed by atoms with Crippen LogP contribution in [0, 0.1) is 5.82 Å². The van der Waals surface area contributed by atoms with Crippen molar-refractivity contribution in [2.24, 2.45) is 0 Å². The van der Waals surface area contributed by atoms with Gasteiger partial charge in [0.2, 0.25) is 11.7 Å². The second-order valence-electron chi connectivity index (χ2n) is 5.90. The van der Waals surface area contributed by atoms with Crippen molar-refractivity contribution in [2.45, 2.75) is 26.0 Å². The molecule has 0 fully saturated rings. The van der Waals surface area contributed by atoms with Crippen LogP contribution in [0.4, 0.5) is 4.39 Å². The second kappa shape index (κ2) is 8.98. The van der Waals surface area contributed by atoms with E-state index in [9.17, 15) is 9.18 Å². The van der Waals surface area contributed by atoms with Crippen LogP contribution in [0.2, 0.25) is 0 Å². The first-order valence-electron chi connectivity index (χ1n) is 8.76. The lowest BCUT2D eigenvalue weighted by molar-refractivity contribution is -0.128. The number of aromatic nitrogens is 2. The summed E-state index contributed by atoms with van der Waals surface area (Å²) in [5.41, 5.74) is 0.761. The zero-order valence-corrected chi connectivity index (χ0v) is 15.5. The van der Waals surface area contributed by atoms with E-state index in [0.717, 1.165) is 11.3 Å². The predicted molar refractivity (Wildman–Crippen MR) is 99.2 cm³/mol. The molecule has 0 bridgehead atoms. The first-order valence-corrected chi connectivity index (χ1v) is 8.76. The lowest BCUT2D eigenvalue weighted by Crippen LogP contribution is -2.37. The summed E-state index contributed by atoms with van der Waals surface area (Å²) in [7, 11) is 1.59. The fraction of sp³-hybridized carbons (Fsp3) is 0.250. The summed E-state index contributed by atoms with van der Waals surface area (Å²) in [6.07, 6.45) is -0.456. The highest BCUT2D eigenvalue weighted by Gasteiger charge is 2.20. The number of halogens is 1. The van der Waals surface area contributed by atoms with E-state index in [4.69, 9.17) is 14.0 Å². The van der Waals surface area contributed by atoms with Gasteiger partial charge >= 0.3 is 0 Å². The Hall–Kier alpha value is -3.42. The zero-order chi connectivity index (χ0) is 19.9. The molecule has 0 aliphatic heterocycles. The highest BCUT2D eigenvalue weighted by atomic mass is 19.1. The summed E-state index contributed by atoms with van der Waals surface area (Å²) in [6, 6.07) is 13.1. The van der Waals surface area contributed by atoms with E-state index in [2.05, 4.69) is 15.5 Å². The summed E-state index contributed by atoms with van der Waals surface area (Å²) in [4.78, 5) is 16.6. The molecule has 28 heavy (non-hydrogen) atoms. The van der Waals surface area contributed by atoms with Crippen LogP contribution in [0.1, 0.15) is 19.2 Å². The van der Waals surface area contributed by atoms with Crippen molar-refractivity contribution in [2.75, 3.05) is 7.11 Å².